The van der Waals surface area contributed by atoms with Crippen molar-refractivity contribution < 1.29 is 5.11 Å². The summed E-state index contributed by atoms with van der Waals surface area (Å²) >= 11 is 1.58. The summed E-state index contributed by atoms with van der Waals surface area (Å²) in [5, 5.41) is 10.3. The third-order valence-corrected chi connectivity index (χ3v) is 5.96. The Morgan fingerprint density at radius 3 is 2.58 bits per heavy atom. The molecule has 1 aliphatic heterocycles. The van der Waals surface area contributed by atoms with Crippen molar-refractivity contribution in [2.45, 2.75) is 62.3 Å². The van der Waals surface area contributed by atoms with Gasteiger partial charge in [-0.05, 0) is 25.5 Å². The number of rotatable bonds is 6. The highest BCUT2D eigenvalue weighted by Gasteiger charge is 2.32. The van der Waals surface area contributed by atoms with Crippen LogP contribution in [0.3, 0.4) is 0 Å². The summed E-state index contributed by atoms with van der Waals surface area (Å²) in [6, 6.07) is 1.22. The summed E-state index contributed by atoms with van der Waals surface area (Å²) in [4.78, 5) is 14.0. The Hall–Kier alpha value is -0.690. The minimum atomic E-state index is 0.285. The van der Waals surface area contributed by atoms with Crippen LogP contribution in [-0.2, 0) is 6.54 Å². The molecule has 1 aromatic heterocycles. The third kappa shape index (κ3) is 4.69. The molecule has 0 spiro atoms. The van der Waals surface area contributed by atoms with E-state index in [1.165, 1.54) is 37.7 Å². The lowest BCUT2D eigenvalue weighted by Crippen LogP contribution is -2.56. The smallest absolute Gasteiger partial charge is 0.187 e. The van der Waals surface area contributed by atoms with E-state index in [0.717, 1.165) is 43.8 Å². The number of thioether (sulfide) groups is 1. The van der Waals surface area contributed by atoms with E-state index in [9.17, 15) is 5.11 Å². The predicted molar refractivity (Wildman–Crippen MR) is 98.2 cm³/mol. The van der Waals surface area contributed by atoms with Gasteiger partial charge in [0.25, 0.3) is 0 Å². The molecule has 2 heterocycles. The van der Waals surface area contributed by atoms with Crippen LogP contribution in [0.4, 0.5) is 0 Å². The highest BCUT2D eigenvalue weighted by molar-refractivity contribution is 7.98. The lowest BCUT2D eigenvalue weighted by atomic mass is 9.92. The van der Waals surface area contributed by atoms with Crippen molar-refractivity contribution in [2.75, 3.05) is 32.5 Å². The summed E-state index contributed by atoms with van der Waals surface area (Å²) < 4.78 is 0. The summed E-state index contributed by atoms with van der Waals surface area (Å²) in [5.41, 5.74) is 1.18. The molecule has 0 aromatic carbocycles. The average molecular weight is 351 g/mol. The van der Waals surface area contributed by atoms with Gasteiger partial charge in [-0.1, -0.05) is 31.0 Å². The molecule has 5 nitrogen and oxygen atoms in total. The van der Waals surface area contributed by atoms with Crippen LogP contribution < -0.4 is 0 Å². The van der Waals surface area contributed by atoms with Gasteiger partial charge < -0.3 is 5.11 Å². The third-order valence-electron chi connectivity index (χ3n) is 5.39. The molecule has 1 N–H and O–H groups in total. The summed E-state index contributed by atoms with van der Waals surface area (Å²) in [7, 11) is 0. The molecular formula is C18H30N4OS. The lowest BCUT2D eigenvalue weighted by molar-refractivity contribution is 0.0136. The first kappa shape index (κ1) is 18.1. The zero-order valence-electron chi connectivity index (χ0n) is 14.7. The van der Waals surface area contributed by atoms with Crippen LogP contribution in [0.1, 0.15) is 44.1 Å². The van der Waals surface area contributed by atoms with Gasteiger partial charge in [0.05, 0.1) is 0 Å². The van der Waals surface area contributed by atoms with E-state index in [0.29, 0.717) is 6.04 Å². The molecule has 24 heavy (non-hydrogen) atoms. The minimum Gasteiger partial charge on any atom is -0.396 e. The van der Waals surface area contributed by atoms with Crippen LogP contribution in [0.25, 0.3) is 0 Å². The molecule has 2 fully saturated rings. The summed E-state index contributed by atoms with van der Waals surface area (Å²) in [6.45, 7) is 4.46. The molecular weight excluding hydrogens is 320 g/mol. The molecule has 1 aromatic rings. The van der Waals surface area contributed by atoms with E-state index in [1.54, 1.807) is 11.8 Å². The van der Waals surface area contributed by atoms with Crippen molar-refractivity contribution in [3.8, 4) is 0 Å². The van der Waals surface area contributed by atoms with Gasteiger partial charge >= 0.3 is 0 Å². The average Bonchev–Trinajstić information content (AvgIpc) is 2.64. The predicted octanol–water partition coefficient (Wildman–Crippen LogP) is 2.40. The maximum absolute atomic E-state index is 9.50. The number of hydrogen-bond acceptors (Lipinski definition) is 6. The van der Waals surface area contributed by atoms with Crippen LogP contribution in [0, 0.1) is 0 Å². The molecule has 6 heteroatoms. The normalized spacial score (nSPS) is 24.3. The number of hydrogen-bond donors (Lipinski definition) is 1. The first-order chi connectivity index (χ1) is 11.8. The first-order valence-corrected chi connectivity index (χ1v) is 10.5. The van der Waals surface area contributed by atoms with Gasteiger partial charge in [0.1, 0.15) is 0 Å². The van der Waals surface area contributed by atoms with Crippen LogP contribution >= 0.6 is 11.8 Å². The van der Waals surface area contributed by atoms with Crippen molar-refractivity contribution in [3.63, 3.8) is 0 Å². The Balaban J connectivity index is 1.58. The van der Waals surface area contributed by atoms with E-state index in [1.807, 2.05) is 18.6 Å². The Morgan fingerprint density at radius 1 is 1.17 bits per heavy atom. The second-order valence-electron chi connectivity index (χ2n) is 7.01. The fourth-order valence-corrected chi connectivity index (χ4v) is 4.48. The highest BCUT2D eigenvalue weighted by atomic mass is 32.2. The fourth-order valence-electron chi connectivity index (χ4n) is 4.16. The van der Waals surface area contributed by atoms with Gasteiger partial charge in [-0.15, -0.1) is 0 Å². The maximum atomic E-state index is 9.50. The molecule has 0 amide bonds. The Bertz CT molecular complexity index is 492. The number of aliphatic hydroxyl groups excluding tert-OH is 1. The van der Waals surface area contributed by atoms with E-state index in [4.69, 9.17) is 0 Å². The number of nitrogens with zero attached hydrogens (tertiary/aromatic N) is 4. The molecule has 2 aliphatic rings. The second kappa shape index (κ2) is 9.13. The summed E-state index contributed by atoms with van der Waals surface area (Å²) in [6.07, 6.45) is 13.6. The minimum absolute atomic E-state index is 0.285. The van der Waals surface area contributed by atoms with Crippen LogP contribution in [0.2, 0.25) is 0 Å². The van der Waals surface area contributed by atoms with Gasteiger partial charge in [0, 0.05) is 62.8 Å². The standard InChI is InChI=1S/C18H30N4OS/c1-24-18-19-11-15(12-20-18)13-21-8-9-22(17(14-21)7-10-23)16-5-3-2-4-6-16/h11-12,16-17,23H,2-10,13-14H2,1H3/t17-/m1/s1. The molecule has 1 aliphatic carbocycles. The van der Waals surface area contributed by atoms with Crippen molar-refractivity contribution >= 4 is 11.8 Å². The monoisotopic (exact) mass is 350 g/mol. The van der Waals surface area contributed by atoms with Crippen LogP contribution in [0.15, 0.2) is 17.6 Å². The van der Waals surface area contributed by atoms with Crippen molar-refractivity contribution in [2.24, 2.45) is 0 Å². The van der Waals surface area contributed by atoms with E-state index >= 15 is 0 Å². The first-order valence-electron chi connectivity index (χ1n) is 9.24. The molecule has 0 bridgehead atoms. The second-order valence-corrected chi connectivity index (χ2v) is 7.78. The van der Waals surface area contributed by atoms with Crippen molar-refractivity contribution in [3.05, 3.63) is 18.0 Å². The zero-order chi connectivity index (χ0) is 16.8. The van der Waals surface area contributed by atoms with Crippen LogP contribution in [-0.4, -0.2) is 69.5 Å². The molecule has 0 unspecified atom stereocenters. The Kier molecular flexibility index (Phi) is 6.89. The topological polar surface area (TPSA) is 52.5 Å². The number of aliphatic hydroxyl groups is 1. The lowest BCUT2D eigenvalue weighted by Gasteiger charge is -2.46. The van der Waals surface area contributed by atoms with Crippen molar-refractivity contribution in [1.82, 2.24) is 19.8 Å². The number of piperazine rings is 1. The van der Waals surface area contributed by atoms with Gasteiger partial charge in [-0.25, -0.2) is 9.97 Å². The quantitative estimate of drug-likeness (QED) is 0.628. The molecule has 1 saturated heterocycles. The van der Waals surface area contributed by atoms with E-state index in [-0.39, 0.29) is 6.61 Å². The summed E-state index contributed by atoms with van der Waals surface area (Å²) in [5.74, 6) is 0. The van der Waals surface area contributed by atoms with Crippen molar-refractivity contribution in [1.29, 1.82) is 0 Å². The van der Waals surface area contributed by atoms with Gasteiger partial charge in [0.15, 0.2) is 5.16 Å². The number of aromatic nitrogens is 2. The van der Waals surface area contributed by atoms with Gasteiger partial charge in [-0.2, -0.15) is 0 Å². The molecule has 3 rings (SSSR count). The SMILES string of the molecule is CSc1ncc(CN2CCN(C3CCCCC3)[C@H](CCO)C2)cn1. The Morgan fingerprint density at radius 2 is 1.92 bits per heavy atom. The highest BCUT2D eigenvalue weighted by Crippen LogP contribution is 2.27. The fraction of sp³-hybridized carbons (Fsp3) is 0.778. The van der Waals surface area contributed by atoms with E-state index < -0.39 is 0 Å². The zero-order valence-corrected chi connectivity index (χ0v) is 15.5. The molecule has 0 radical (unpaired) electrons. The van der Waals surface area contributed by atoms with Gasteiger partial charge in [0.2, 0.25) is 0 Å². The maximum Gasteiger partial charge on any atom is 0.187 e. The molecule has 1 atom stereocenters. The molecule has 1 saturated carbocycles. The van der Waals surface area contributed by atoms with Crippen LogP contribution in [0.5, 0.6) is 0 Å². The molecule has 134 valence electrons. The largest absolute Gasteiger partial charge is 0.396 e. The van der Waals surface area contributed by atoms with E-state index in [2.05, 4.69) is 19.8 Å². The Labute approximate surface area is 149 Å². The van der Waals surface area contributed by atoms with Gasteiger partial charge in [-0.3, -0.25) is 9.80 Å².